The highest BCUT2D eigenvalue weighted by atomic mass is 16.4. The van der Waals surface area contributed by atoms with Crippen LogP contribution in [0.1, 0.15) is 26.2 Å². The van der Waals surface area contributed by atoms with Crippen LogP contribution in [-0.2, 0) is 4.79 Å². The number of hydrogen-bond acceptors (Lipinski definition) is 2. The van der Waals surface area contributed by atoms with E-state index in [9.17, 15) is 9.59 Å². The Labute approximate surface area is 94.8 Å². The van der Waals surface area contributed by atoms with Crippen LogP contribution in [0.5, 0.6) is 0 Å². The van der Waals surface area contributed by atoms with Crippen molar-refractivity contribution in [2.24, 2.45) is 0 Å². The SMILES string of the molecule is CC#CCNC(=O)N(CCC(=O)O)C1CC1. The molecule has 0 spiro atoms. The van der Waals surface area contributed by atoms with Gasteiger partial charge in [-0.15, -0.1) is 5.92 Å². The van der Waals surface area contributed by atoms with E-state index in [0.717, 1.165) is 12.8 Å². The molecule has 0 aromatic rings. The highest BCUT2D eigenvalue weighted by molar-refractivity contribution is 5.76. The number of carbonyl (C=O) groups excluding carboxylic acids is 1. The van der Waals surface area contributed by atoms with Crippen molar-refractivity contribution < 1.29 is 14.7 Å². The summed E-state index contributed by atoms with van der Waals surface area (Å²) in [6.07, 6.45) is 1.92. The van der Waals surface area contributed by atoms with Crippen molar-refractivity contribution >= 4 is 12.0 Å². The molecule has 0 aromatic heterocycles. The summed E-state index contributed by atoms with van der Waals surface area (Å²) < 4.78 is 0. The maximum absolute atomic E-state index is 11.7. The van der Waals surface area contributed by atoms with E-state index in [1.165, 1.54) is 0 Å². The largest absolute Gasteiger partial charge is 0.481 e. The third kappa shape index (κ3) is 4.22. The van der Waals surface area contributed by atoms with Crippen molar-refractivity contribution in [2.75, 3.05) is 13.1 Å². The fourth-order valence-corrected chi connectivity index (χ4v) is 1.36. The third-order valence-corrected chi connectivity index (χ3v) is 2.32. The molecule has 88 valence electrons. The van der Waals surface area contributed by atoms with E-state index < -0.39 is 5.97 Å². The molecule has 0 aliphatic heterocycles. The molecule has 2 amide bonds. The summed E-state index contributed by atoms with van der Waals surface area (Å²) in [5.74, 6) is 4.53. The molecular weight excluding hydrogens is 208 g/mol. The maximum atomic E-state index is 11.7. The van der Waals surface area contributed by atoms with Gasteiger partial charge in [-0.2, -0.15) is 0 Å². The lowest BCUT2D eigenvalue weighted by Gasteiger charge is -2.21. The van der Waals surface area contributed by atoms with Gasteiger partial charge in [0.25, 0.3) is 0 Å². The smallest absolute Gasteiger partial charge is 0.318 e. The Morgan fingerprint density at radius 3 is 2.69 bits per heavy atom. The standard InChI is InChI=1S/C11H16N2O3/c1-2-3-7-12-11(16)13(9-4-5-9)8-6-10(14)15/h9H,4-8H2,1H3,(H,12,16)(H,14,15). The van der Waals surface area contributed by atoms with Gasteiger partial charge in [-0.25, -0.2) is 4.79 Å². The zero-order chi connectivity index (χ0) is 12.0. The summed E-state index contributed by atoms with van der Waals surface area (Å²) in [7, 11) is 0. The van der Waals surface area contributed by atoms with Crippen molar-refractivity contribution in [1.29, 1.82) is 0 Å². The van der Waals surface area contributed by atoms with Gasteiger partial charge >= 0.3 is 12.0 Å². The highest BCUT2D eigenvalue weighted by Crippen LogP contribution is 2.26. The molecule has 1 fully saturated rings. The van der Waals surface area contributed by atoms with Crippen LogP contribution >= 0.6 is 0 Å². The Bertz CT molecular complexity index is 326. The van der Waals surface area contributed by atoms with E-state index in [2.05, 4.69) is 17.2 Å². The third-order valence-electron chi connectivity index (χ3n) is 2.32. The second-order valence-corrected chi connectivity index (χ2v) is 3.65. The molecule has 0 bridgehead atoms. The van der Waals surface area contributed by atoms with Crippen LogP contribution in [0.3, 0.4) is 0 Å². The lowest BCUT2D eigenvalue weighted by atomic mass is 10.4. The van der Waals surface area contributed by atoms with Gasteiger partial charge in [0.1, 0.15) is 0 Å². The molecule has 0 saturated heterocycles. The minimum atomic E-state index is -0.883. The summed E-state index contributed by atoms with van der Waals surface area (Å²) >= 11 is 0. The Kier molecular flexibility index (Phi) is 4.65. The molecular formula is C11H16N2O3. The Morgan fingerprint density at radius 1 is 1.50 bits per heavy atom. The number of carboxylic acid groups (broad SMARTS) is 1. The number of nitrogens with one attached hydrogen (secondary N) is 1. The Hall–Kier alpha value is -1.70. The monoisotopic (exact) mass is 224 g/mol. The predicted octanol–water partition coefficient (Wildman–Crippen LogP) is 0.658. The molecule has 5 nitrogen and oxygen atoms in total. The first-order valence-electron chi connectivity index (χ1n) is 5.31. The van der Waals surface area contributed by atoms with Gasteiger partial charge in [0.2, 0.25) is 0 Å². The summed E-state index contributed by atoms with van der Waals surface area (Å²) in [6, 6.07) is 0.000403. The van der Waals surface area contributed by atoms with Crippen LogP contribution in [0.2, 0.25) is 0 Å². The minimum Gasteiger partial charge on any atom is -0.481 e. The predicted molar refractivity (Wildman–Crippen MR) is 58.8 cm³/mol. The number of hydrogen-bond donors (Lipinski definition) is 2. The average Bonchev–Trinajstić information content (AvgIpc) is 3.02. The average molecular weight is 224 g/mol. The van der Waals surface area contributed by atoms with Gasteiger partial charge in [-0.3, -0.25) is 4.79 Å². The van der Waals surface area contributed by atoms with Gasteiger partial charge in [0, 0.05) is 12.6 Å². The minimum absolute atomic E-state index is 0.0105. The number of amides is 2. The Morgan fingerprint density at radius 2 is 2.19 bits per heavy atom. The van der Waals surface area contributed by atoms with E-state index in [-0.39, 0.29) is 25.0 Å². The lowest BCUT2D eigenvalue weighted by Crippen LogP contribution is -2.42. The first-order valence-corrected chi connectivity index (χ1v) is 5.31. The van der Waals surface area contributed by atoms with Crippen LogP contribution in [0.15, 0.2) is 0 Å². The first-order chi connectivity index (χ1) is 7.65. The van der Waals surface area contributed by atoms with Crippen molar-refractivity contribution in [2.45, 2.75) is 32.2 Å². The van der Waals surface area contributed by atoms with Crippen LogP contribution < -0.4 is 5.32 Å². The number of aliphatic carboxylic acids is 1. The fraction of sp³-hybridized carbons (Fsp3) is 0.636. The van der Waals surface area contributed by atoms with Gasteiger partial charge < -0.3 is 15.3 Å². The van der Waals surface area contributed by atoms with Gasteiger partial charge in [0.15, 0.2) is 0 Å². The molecule has 1 aliphatic rings. The molecule has 16 heavy (non-hydrogen) atoms. The molecule has 1 aliphatic carbocycles. The van der Waals surface area contributed by atoms with E-state index in [4.69, 9.17) is 5.11 Å². The zero-order valence-corrected chi connectivity index (χ0v) is 9.32. The first kappa shape index (κ1) is 12.4. The van der Waals surface area contributed by atoms with Crippen molar-refractivity contribution in [1.82, 2.24) is 10.2 Å². The summed E-state index contributed by atoms with van der Waals surface area (Å²) in [5, 5.41) is 11.2. The summed E-state index contributed by atoms with van der Waals surface area (Å²) in [4.78, 5) is 23.7. The molecule has 2 N–H and O–H groups in total. The van der Waals surface area contributed by atoms with Crippen LogP contribution in [0.25, 0.3) is 0 Å². The lowest BCUT2D eigenvalue weighted by molar-refractivity contribution is -0.137. The number of nitrogens with zero attached hydrogens (tertiary/aromatic N) is 1. The van der Waals surface area contributed by atoms with E-state index in [0.29, 0.717) is 6.54 Å². The van der Waals surface area contributed by atoms with Crippen molar-refractivity contribution in [3.8, 4) is 11.8 Å². The zero-order valence-electron chi connectivity index (χ0n) is 9.32. The van der Waals surface area contributed by atoms with Crippen LogP contribution in [-0.4, -0.2) is 41.1 Å². The van der Waals surface area contributed by atoms with Crippen molar-refractivity contribution in [3.63, 3.8) is 0 Å². The van der Waals surface area contributed by atoms with Crippen LogP contribution in [0, 0.1) is 11.8 Å². The summed E-state index contributed by atoms with van der Waals surface area (Å²) in [6.45, 7) is 2.28. The molecule has 0 unspecified atom stereocenters. The van der Waals surface area contributed by atoms with E-state index >= 15 is 0 Å². The molecule has 5 heteroatoms. The number of carboxylic acids is 1. The highest BCUT2D eigenvalue weighted by Gasteiger charge is 2.32. The fourth-order valence-electron chi connectivity index (χ4n) is 1.36. The molecule has 1 rings (SSSR count). The molecule has 0 atom stereocenters. The quantitative estimate of drug-likeness (QED) is 0.674. The second-order valence-electron chi connectivity index (χ2n) is 3.65. The molecule has 0 heterocycles. The van der Waals surface area contributed by atoms with Crippen molar-refractivity contribution in [3.05, 3.63) is 0 Å². The molecule has 0 aromatic carbocycles. The van der Waals surface area contributed by atoms with E-state index in [1.54, 1.807) is 11.8 Å². The Balaban J connectivity index is 2.38. The summed E-state index contributed by atoms with van der Waals surface area (Å²) in [5.41, 5.74) is 0. The molecule has 1 saturated carbocycles. The number of carbonyl (C=O) groups is 2. The van der Waals surface area contributed by atoms with Gasteiger partial charge in [-0.1, -0.05) is 5.92 Å². The van der Waals surface area contributed by atoms with Gasteiger partial charge in [0.05, 0.1) is 13.0 Å². The molecule has 0 radical (unpaired) electrons. The number of rotatable bonds is 5. The second kappa shape index (κ2) is 6.01. The van der Waals surface area contributed by atoms with E-state index in [1.807, 2.05) is 0 Å². The normalized spacial score (nSPS) is 13.6. The maximum Gasteiger partial charge on any atom is 0.318 e. The number of urea groups is 1. The van der Waals surface area contributed by atoms with Gasteiger partial charge in [-0.05, 0) is 19.8 Å². The van der Waals surface area contributed by atoms with Crippen LogP contribution in [0.4, 0.5) is 4.79 Å². The topological polar surface area (TPSA) is 69.6 Å².